The summed E-state index contributed by atoms with van der Waals surface area (Å²) >= 11 is 0. The summed E-state index contributed by atoms with van der Waals surface area (Å²) in [6, 6.07) is 5.85. The number of hydrogen-bond donors (Lipinski definition) is 2. The van der Waals surface area contributed by atoms with Gasteiger partial charge in [-0.15, -0.1) is 0 Å². The van der Waals surface area contributed by atoms with E-state index in [0.717, 1.165) is 5.56 Å². The third-order valence-corrected chi connectivity index (χ3v) is 3.07. The quantitative estimate of drug-likeness (QED) is 0.843. The molecule has 0 aromatic heterocycles. The molecule has 1 amide bonds. The van der Waals surface area contributed by atoms with Crippen molar-refractivity contribution in [2.24, 2.45) is 0 Å². The minimum absolute atomic E-state index is 0.0401. The molecule has 1 atom stereocenters. The average Bonchev–Trinajstić information content (AvgIpc) is 2.29. The number of benzene rings is 1. The van der Waals surface area contributed by atoms with E-state index in [1.807, 2.05) is 6.92 Å². The highest BCUT2D eigenvalue weighted by molar-refractivity contribution is 5.87. The van der Waals surface area contributed by atoms with Gasteiger partial charge < -0.3 is 10.4 Å². The number of halogens is 1. The van der Waals surface area contributed by atoms with Gasteiger partial charge in [0.1, 0.15) is 5.82 Å². The van der Waals surface area contributed by atoms with Gasteiger partial charge in [0.05, 0.1) is 5.41 Å². The monoisotopic (exact) mass is 253 g/mol. The van der Waals surface area contributed by atoms with Crippen molar-refractivity contribution < 1.29 is 14.3 Å². The second-order valence-corrected chi connectivity index (χ2v) is 5.02. The van der Waals surface area contributed by atoms with E-state index in [-0.39, 0.29) is 24.4 Å². The van der Waals surface area contributed by atoms with Crippen LogP contribution in [0.1, 0.15) is 32.8 Å². The lowest BCUT2D eigenvalue weighted by Gasteiger charge is -2.26. The molecule has 4 heteroatoms. The zero-order chi connectivity index (χ0) is 13.8. The smallest absolute Gasteiger partial charge is 0.230 e. The molecule has 100 valence electrons. The molecule has 1 aromatic rings. The van der Waals surface area contributed by atoms with E-state index in [1.165, 1.54) is 12.1 Å². The molecule has 0 saturated heterocycles. The van der Waals surface area contributed by atoms with E-state index in [2.05, 4.69) is 5.32 Å². The van der Waals surface area contributed by atoms with E-state index >= 15 is 0 Å². The minimum atomic E-state index is -0.725. The molecule has 0 aliphatic carbocycles. The molecule has 0 fully saturated rings. The van der Waals surface area contributed by atoms with Gasteiger partial charge in [0, 0.05) is 12.6 Å². The van der Waals surface area contributed by atoms with Crippen LogP contribution >= 0.6 is 0 Å². The Morgan fingerprint density at radius 2 is 1.94 bits per heavy atom. The molecule has 0 bridgehead atoms. The largest absolute Gasteiger partial charge is 0.396 e. The van der Waals surface area contributed by atoms with Crippen LogP contribution in [0, 0.1) is 5.82 Å². The number of amides is 1. The summed E-state index contributed by atoms with van der Waals surface area (Å²) in [6.45, 7) is 5.47. The average molecular weight is 253 g/mol. The van der Waals surface area contributed by atoms with Gasteiger partial charge in [0.25, 0.3) is 0 Å². The third-order valence-electron chi connectivity index (χ3n) is 3.07. The normalized spacial score (nSPS) is 13.2. The molecule has 1 aromatic carbocycles. The SMILES string of the molecule is C[C@H](CCO)NC(=O)C(C)(C)c1ccc(F)cc1. The van der Waals surface area contributed by atoms with Crippen molar-refractivity contribution in [2.45, 2.75) is 38.6 Å². The summed E-state index contributed by atoms with van der Waals surface area (Å²) in [6.07, 6.45) is 0.519. The molecule has 1 rings (SSSR count). The van der Waals surface area contributed by atoms with Gasteiger partial charge in [-0.25, -0.2) is 4.39 Å². The molecule has 3 nitrogen and oxygen atoms in total. The highest BCUT2D eigenvalue weighted by Gasteiger charge is 2.30. The van der Waals surface area contributed by atoms with Crippen LogP contribution in [0.3, 0.4) is 0 Å². The molecule has 2 N–H and O–H groups in total. The van der Waals surface area contributed by atoms with Crippen molar-refractivity contribution >= 4 is 5.91 Å². The maximum atomic E-state index is 12.9. The second kappa shape index (κ2) is 5.96. The van der Waals surface area contributed by atoms with E-state index in [9.17, 15) is 9.18 Å². The molecular formula is C14H20FNO2. The van der Waals surface area contributed by atoms with Crippen LogP contribution in [0.4, 0.5) is 4.39 Å². The van der Waals surface area contributed by atoms with Crippen molar-refractivity contribution in [1.82, 2.24) is 5.32 Å². The molecule has 0 spiro atoms. The van der Waals surface area contributed by atoms with Crippen LogP contribution in [0.5, 0.6) is 0 Å². The topological polar surface area (TPSA) is 49.3 Å². The van der Waals surface area contributed by atoms with Crippen molar-refractivity contribution in [3.05, 3.63) is 35.6 Å². The van der Waals surface area contributed by atoms with Gasteiger partial charge >= 0.3 is 0 Å². The van der Waals surface area contributed by atoms with E-state index < -0.39 is 5.41 Å². The molecule has 0 aliphatic rings. The Hall–Kier alpha value is -1.42. The van der Waals surface area contributed by atoms with Crippen LogP contribution in [0.2, 0.25) is 0 Å². The lowest BCUT2D eigenvalue weighted by atomic mass is 9.83. The summed E-state index contributed by atoms with van der Waals surface area (Å²) in [5.74, 6) is -0.446. The molecule has 0 aliphatic heterocycles. The Morgan fingerprint density at radius 3 is 2.44 bits per heavy atom. The molecule has 0 heterocycles. The van der Waals surface area contributed by atoms with Crippen molar-refractivity contribution in [3.63, 3.8) is 0 Å². The summed E-state index contributed by atoms with van der Waals surface area (Å²) in [5.41, 5.74) is 0.0369. The zero-order valence-electron chi connectivity index (χ0n) is 11.0. The van der Waals surface area contributed by atoms with Gasteiger partial charge in [-0.1, -0.05) is 12.1 Å². The van der Waals surface area contributed by atoms with E-state index in [4.69, 9.17) is 5.11 Å². The maximum Gasteiger partial charge on any atom is 0.230 e. The lowest BCUT2D eigenvalue weighted by Crippen LogP contribution is -2.44. The first-order chi connectivity index (χ1) is 8.37. The first kappa shape index (κ1) is 14.6. The second-order valence-electron chi connectivity index (χ2n) is 5.02. The Bertz CT molecular complexity index is 401. The molecule has 18 heavy (non-hydrogen) atoms. The van der Waals surface area contributed by atoms with Crippen molar-refractivity contribution in [2.75, 3.05) is 6.61 Å². The van der Waals surface area contributed by atoms with Gasteiger partial charge in [-0.05, 0) is 44.9 Å². The number of nitrogens with one attached hydrogen (secondary N) is 1. The third kappa shape index (κ3) is 3.53. The number of hydrogen-bond acceptors (Lipinski definition) is 2. The predicted octanol–water partition coefficient (Wildman–Crippen LogP) is 1.99. The molecule has 0 radical (unpaired) electrons. The Morgan fingerprint density at radius 1 is 1.39 bits per heavy atom. The fraction of sp³-hybridized carbons (Fsp3) is 0.500. The van der Waals surface area contributed by atoms with Crippen LogP contribution in [-0.2, 0) is 10.2 Å². The van der Waals surface area contributed by atoms with Gasteiger partial charge in [0.15, 0.2) is 0 Å². The zero-order valence-corrected chi connectivity index (χ0v) is 11.0. The summed E-state index contributed by atoms with van der Waals surface area (Å²) in [4.78, 5) is 12.1. The standard InChI is InChI=1S/C14H20FNO2/c1-10(8-9-17)16-13(18)14(2,3)11-4-6-12(15)7-5-11/h4-7,10,17H,8-9H2,1-3H3,(H,16,18)/t10-/m1/s1. The molecular weight excluding hydrogens is 233 g/mol. The van der Waals surface area contributed by atoms with Crippen LogP contribution < -0.4 is 5.32 Å². The Kier molecular flexibility index (Phi) is 4.84. The number of rotatable bonds is 5. The lowest BCUT2D eigenvalue weighted by molar-refractivity contribution is -0.126. The van der Waals surface area contributed by atoms with E-state index in [0.29, 0.717) is 6.42 Å². The van der Waals surface area contributed by atoms with Crippen molar-refractivity contribution in [1.29, 1.82) is 0 Å². The predicted molar refractivity (Wildman–Crippen MR) is 68.7 cm³/mol. The highest BCUT2D eigenvalue weighted by Crippen LogP contribution is 2.23. The van der Waals surface area contributed by atoms with Crippen molar-refractivity contribution in [3.8, 4) is 0 Å². The Balaban J connectivity index is 2.79. The summed E-state index contributed by atoms with van der Waals surface area (Å²) in [5, 5.41) is 11.6. The molecule has 0 unspecified atom stereocenters. The first-order valence-electron chi connectivity index (χ1n) is 6.05. The number of aliphatic hydroxyl groups is 1. The van der Waals surface area contributed by atoms with Gasteiger partial charge in [-0.2, -0.15) is 0 Å². The first-order valence-corrected chi connectivity index (χ1v) is 6.05. The number of carbonyl (C=O) groups is 1. The summed E-state index contributed by atoms with van der Waals surface area (Å²) < 4.78 is 12.9. The fourth-order valence-corrected chi connectivity index (χ4v) is 1.67. The number of aliphatic hydroxyl groups excluding tert-OH is 1. The number of carbonyl (C=O) groups excluding carboxylic acids is 1. The summed E-state index contributed by atoms with van der Waals surface area (Å²) in [7, 11) is 0. The minimum Gasteiger partial charge on any atom is -0.396 e. The van der Waals surface area contributed by atoms with Crippen LogP contribution in [-0.4, -0.2) is 23.7 Å². The van der Waals surface area contributed by atoms with E-state index in [1.54, 1.807) is 26.0 Å². The van der Waals surface area contributed by atoms with Gasteiger partial charge in [-0.3, -0.25) is 4.79 Å². The Labute approximate surface area is 107 Å². The van der Waals surface area contributed by atoms with Gasteiger partial charge in [0.2, 0.25) is 5.91 Å². The maximum absolute atomic E-state index is 12.9. The van der Waals surface area contributed by atoms with Crippen LogP contribution in [0.15, 0.2) is 24.3 Å². The fourth-order valence-electron chi connectivity index (χ4n) is 1.67. The highest BCUT2D eigenvalue weighted by atomic mass is 19.1. The molecule has 0 saturated carbocycles. The van der Waals surface area contributed by atoms with Crippen LogP contribution in [0.25, 0.3) is 0 Å².